The highest BCUT2D eigenvalue weighted by Crippen LogP contribution is 2.32. The fourth-order valence-corrected chi connectivity index (χ4v) is 3.80. The van der Waals surface area contributed by atoms with Crippen molar-refractivity contribution in [2.75, 3.05) is 11.8 Å². The summed E-state index contributed by atoms with van der Waals surface area (Å²) in [6.45, 7) is 1.89. The fourth-order valence-electron chi connectivity index (χ4n) is 2.73. The number of hydrogen-bond acceptors (Lipinski definition) is 4. The molecule has 2 N–H and O–H groups in total. The Bertz CT molecular complexity index is 1020. The van der Waals surface area contributed by atoms with Gasteiger partial charge in [-0.2, -0.15) is 0 Å². The van der Waals surface area contributed by atoms with Crippen LogP contribution in [0.1, 0.15) is 22.8 Å². The van der Waals surface area contributed by atoms with Crippen molar-refractivity contribution in [1.82, 2.24) is 0 Å². The summed E-state index contributed by atoms with van der Waals surface area (Å²) in [5, 5.41) is 10.8. The molecule has 0 aliphatic carbocycles. The highest BCUT2D eigenvalue weighted by Gasteiger charge is 2.20. The van der Waals surface area contributed by atoms with E-state index in [-0.39, 0.29) is 10.6 Å². The Hall–Kier alpha value is -2.83. The van der Waals surface area contributed by atoms with Crippen LogP contribution in [-0.2, 0) is 10.0 Å². The first-order valence-corrected chi connectivity index (χ1v) is 9.89. The quantitative estimate of drug-likeness (QED) is 0.677. The van der Waals surface area contributed by atoms with E-state index in [1.165, 1.54) is 7.11 Å². The Kier molecular flexibility index (Phi) is 5.48. The van der Waals surface area contributed by atoms with E-state index in [4.69, 9.17) is 4.74 Å². The van der Waals surface area contributed by atoms with Gasteiger partial charge in [0.15, 0.2) is 0 Å². The van der Waals surface area contributed by atoms with Crippen LogP contribution in [0.2, 0.25) is 0 Å². The van der Waals surface area contributed by atoms with Crippen molar-refractivity contribution < 1.29 is 18.3 Å². The number of aliphatic hydroxyl groups is 1. The molecule has 5 nitrogen and oxygen atoms in total. The molecule has 0 saturated heterocycles. The third kappa shape index (κ3) is 4.30. The maximum absolute atomic E-state index is 12.8. The second-order valence-electron chi connectivity index (χ2n) is 6.18. The number of benzene rings is 3. The van der Waals surface area contributed by atoms with Crippen LogP contribution in [0.4, 0.5) is 5.69 Å². The SMILES string of the molecule is COc1ccc(C(O)c2ccccc2)c(NS(=O)(=O)c2ccc(C)cc2)c1. The van der Waals surface area contributed by atoms with Gasteiger partial charge in [0.2, 0.25) is 0 Å². The second-order valence-corrected chi connectivity index (χ2v) is 7.87. The van der Waals surface area contributed by atoms with E-state index < -0.39 is 16.1 Å². The Balaban J connectivity index is 2.02. The highest BCUT2D eigenvalue weighted by molar-refractivity contribution is 7.92. The summed E-state index contributed by atoms with van der Waals surface area (Å²) in [6.07, 6.45) is -0.979. The van der Waals surface area contributed by atoms with E-state index in [0.717, 1.165) is 5.56 Å². The van der Waals surface area contributed by atoms with Crippen molar-refractivity contribution in [3.63, 3.8) is 0 Å². The van der Waals surface area contributed by atoms with Gasteiger partial charge in [0.1, 0.15) is 11.9 Å². The van der Waals surface area contributed by atoms with Crippen LogP contribution in [0.25, 0.3) is 0 Å². The number of ether oxygens (including phenoxy) is 1. The molecule has 0 spiro atoms. The normalized spacial score (nSPS) is 12.4. The van der Waals surface area contributed by atoms with Crippen LogP contribution >= 0.6 is 0 Å². The third-order valence-electron chi connectivity index (χ3n) is 4.25. The van der Waals surface area contributed by atoms with E-state index in [9.17, 15) is 13.5 Å². The molecule has 140 valence electrons. The van der Waals surface area contributed by atoms with E-state index in [1.54, 1.807) is 54.6 Å². The lowest BCUT2D eigenvalue weighted by Gasteiger charge is -2.18. The molecule has 1 unspecified atom stereocenters. The Morgan fingerprint density at radius 1 is 0.963 bits per heavy atom. The van der Waals surface area contributed by atoms with Crippen molar-refractivity contribution in [3.05, 3.63) is 89.5 Å². The van der Waals surface area contributed by atoms with Crippen LogP contribution in [0.5, 0.6) is 5.75 Å². The maximum atomic E-state index is 12.8. The van der Waals surface area contributed by atoms with Crippen LogP contribution < -0.4 is 9.46 Å². The van der Waals surface area contributed by atoms with Gasteiger partial charge in [-0.15, -0.1) is 0 Å². The van der Waals surface area contributed by atoms with Crippen molar-refractivity contribution in [2.45, 2.75) is 17.9 Å². The van der Waals surface area contributed by atoms with Crippen molar-refractivity contribution >= 4 is 15.7 Å². The predicted molar refractivity (Wildman–Crippen MR) is 105 cm³/mol. The van der Waals surface area contributed by atoms with Gasteiger partial charge in [-0.25, -0.2) is 8.42 Å². The largest absolute Gasteiger partial charge is 0.497 e. The van der Waals surface area contributed by atoms with Gasteiger partial charge in [-0.05, 0) is 30.7 Å². The summed E-state index contributed by atoms with van der Waals surface area (Å²) in [5.74, 6) is 0.487. The van der Waals surface area contributed by atoms with Crippen LogP contribution in [0.15, 0.2) is 77.7 Å². The molecule has 0 aliphatic rings. The summed E-state index contributed by atoms with van der Waals surface area (Å²) in [4.78, 5) is 0.149. The van der Waals surface area contributed by atoms with Crippen LogP contribution in [-0.4, -0.2) is 20.6 Å². The Morgan fingerprint density at radius 3 is 2.26 bits per heavy atom. The molecule has 3 aromatic rings. The van der Waals surface area contributed by atoms with Crippen molar-refractivity contribution in [2.24, 2.45) is 0 Å². The number of aliphatic hydroxyl groups excluding tert-OH is 1. The number of sulfonamides is 1. The first kappa shape index (κ1) is 18.9. The molecule has 0 bridgehead atoms. The molecular formula is C21H21NO4S. The van der Waals surface area contributed by atoms with Gasteiger partial charge in [0.25, 0.3) is 10.0 Å². The van der Waals surface area contributed by atoms with Crippen LogP contribution in [0.3, 0.4) is 0 Å². The molecule has 27 heavy (non-hydrogen) atoms. The molecule has 1 atom stereocenters. The minimum absolute atomic E-state index is 0.149. The molecule has 0 aromatic heterocycles. The molecule has 6 heteroatoms. The zero-order chi connectivity index (χ0) is 19.4. The van der Waals surface area contributed by atoms with Gasteiger partial charge in [0, 0.05) is 11.6 Å². The standard InChI is InChI=1S/C21H21NO4S/c1-15-8-11-18(12-9-15)27(24,25)22-20-14-17(26-2)10-13-19(20)21(23)16-6-4-3-5-7-16/h3-14,21-23H,1-2H3. The number of nitrogens with one attached hydrogen (secondary N) is 1. The van der Waals surface area contributed by atoms with E-state index in [1.807, 2.05) is 25.1 Å². The molecule has 0 fully saturated rings. The predicted octanol–water partition coefficient (Wildman–Crippen LogP) is 3.89. The van der Waals surface area contributed by atoms with Gasteiger partial charge in [-0.1, -0.05) is 54.1 Å². The summed E-state index contributed by atoms with van der Waals surface area (Å²) < 4.78 is 33.4. The zero-order valence-corrected chi connectivity index (χ0v) is 15.9. The maximum Gasteiger partial charge on any atom is 0.261 e. The van der Waals surface area contributed by atoms with Crippen molar-refractivity contribution in [1.29, 1.82) is 0 Å². The Labute approximate surface area is 159 Å². The minimum atomic E-state index is -3.81. The van der Waals surface area contributed by atoms with E-state index >= 15 is 0 Å². The lowest BCUT2D eigenvalue weighted by atomic mass is 10.00. The van der Waals surface area contributed by atoms with Gasteiger partial charge >= 0.3 is 0 Å². The van der Waals surface area contributed by atoms with Gasteiger partial charge in [0.05, 0.1) is 17.7 Å². The fraction of sp³-hybridized carbons (Fsp3) is 0.143. The zero-order valence-electron chi connectivity index (χ0n) is 15.1. The van der Waals surface area contributed by atoms with Gasteiger partial charge in [-0.3, -0.25) is 4.72 Å². The molecule has 3 rings (SSSR count). The first-order chi connectivity index (χ1) is 12.9. The third-order valence-corrected chi connectivity index (χ3v) is 5.63. The molecular weight excluding hydrogens is 362 g/mol. The summed E-state index contributed by atoms with van der Waals surface area (Å²) in [7, 11) is -2.31. The summed E-state index contributed by atoms with van der Waals surface area (Å²) in [5.41, 5.74) is 2.35. The first-order valence-electron chi connectivity index (χ1n) is 8.41. The molecule has 0 saturated carbocycles. The number of anilines is 1. The lowest BCUT2D eigenvalue weighted by molar-refractivity contribution is 0.221. The molecule has 0 radical (unpaired) electrons. The van der Waals surface area contributed by atoms with E-state index in [2.05, 4.69) is 4.72 Å². The molecule has 3 aromatic carbocycles. The number of hydrogen-bond donors (Lipinski definition) is 2. The van der Waals surface area contributed by atoms with Crippen LogP contribution in [0, 0.1) is 6.92 Å². The van der Waals surface area contributed by atoms with E-state index in [0.29, 0.717) is 16.9 Å². The average molecular weight is 383 g/mol. The Morgan fingerprint density at radius 2 is 1.63 bits per heavy atom. The lowest BCUT2D eigenvalue weighted by Crippen LogP contribution is -2.15. The summed E-state index contributed by atoms with van der Waals surface area (Å²) in [6, 6.07) is 20.5. The monoisotopic (exact) mass is 383 g/mol. The van der Waals surface area contributed by atoms with Gasteiger partial charge < -0.3 is 9.84 Å². The number of aryl methyl sites for hydroxylation is 1. The second kappa shape index (κ2) is 7.82. The number of methoxy groups -OCH3 is 1. The highest BCUT2D eigenvalue weighted by atomic mass is 32.2. The minimum Gasteiger partial charge on any atom is -0.497 e. The van der Waals surface area contributed by atoms with Crippen molar-refractivity contribution in [3.8, 4) is 5.75 Å². The average Bonchev–Trinajstić information content (AvgIpc) is 2.68. The molecule has 0 aliphatic heterocycles. The molecule has 0 heterocycles. The number of rotatable bonds is 6. The molecule has 0 amide bonds. The smallest absolute Gasteiger partial charge is 0.261 e. The topological polar surface area (TPSA) is 75.6 Å². The summed E-state index contributed by atoms with van der Waals surface area (Å²) >= 11 is 0.